The minimum absolute atomic E-state index is 0.0238. The largest absolute Gasteiger partial charge is 0.478 e. The number of hydrogen-bond donors (Lipinski definition) is 2. The van der Waals surface area contributed by atoms with Crippen molar-refractivity contribution in [3.05, 3.63) is 46.8 Å². The average Bonchev–Trinajstić information content (AvgIpc) is 2.76. The number of benzene rings is 1. The lowest BCUT2D eigenvalue weighted by molar-refractivity contribution is 0.0692. The zero-order chi connectivity index (χ0) is 14.9. The van der Waals surface area contributed by atoms with Gasteiger partial charge in [-0.2, -0.15) is 5.10 Å². The van der Waals surface area contributed by atoms with Gasteiger partial charge in [0.1, 0.15) is 11.3 Å². The quantitative estimate of drug-likeness (QED) is 0.895. The number of aromatic nitrogens is 2. The van der Waals surface area contributed by atoms with Crippen LogP contribution in [0.15, 0.2) is 24.4 Å². The first-order chi connectivity index (χ1) is 9.40. The van der Waals surface area contributed by atoms with Crippen LogP contribution in [0.1, 0.15) is 32.0 Å². The van der Waals surface area contributed by atoms with E-state index in [1.54, 1.807) is 6.07 Å². The van der Waals surface area contributed by atoms with Gasteiger partial charge in [0, 0.05) is 12.7 Å². The van der Waals surface area contributed by atoms with Crippen molar-refractivity contribution in [2.75, 3.05) is 5.32 Å². The van der Waals surface area contributed by atoms with Crippen molar-refractivity contribution < 1.29 is 14.7 Å². The fourth-order valence-corrected chi connectivity index (χ4v) is 1.87. The van der Waals surface area contributed by atoms with E-state index in [2.05, 4.69) is 10.4 Å². The predicted molar refractivity (Wildman–Crippen MR) is 74.0 cm³/mol. The van der Waals surface area contributed by atoms with Crippen LogP contribution in [-0.2, 0) is 7.05 Å². The van der Waals surface area contributed by atoms with Gasteiger partial charge in [-0.15, -0.1) is 0 Å². The third-order valence-corrected chi connectivity index (χ3v) is 3.15. The fraction of sp³-hybridized carbons (Fsp3) is 0.214. The van der Waals surface area contributed by atoms with Gasteiger partial charge in [-0.1, -0.05) is 6.07 Å². The highest BCUT2D eigenvalue weighted by atomic mass is 16.4. The van der Waals surface area contributed by atoms with Crippen LogP contribution in [-0.4, -0.2) is 26.8 Å². The Morgan fingerprint density at radius 1 is 1.25 bits per heavy atom. The van der Waals surface area contributed by atoms with E-state index >= 15 is 0 Å². The van der Waals surface area contributed by atoms with E-state index in [0.29, 0.717) is 5.69 Å². The minimum atomic E-state index is -1.18. The Hall–Kier alpha value is -2.63. The van der Waals surface area contributed by atoms with Gasteiger partial charge in [-0.05, 0) is 37.1 Å². The normalized spacial score (nSPS) is 10.3. The maximum atomic E-state index is 12.2. The van der Waals surface area contributed by atoms with E-state index < -0.39 is 11.9 Å². The van der Waals surface area contributed by atoms with E-state index in [-0.39, 0.29) is 11.3 Å². The van der Waals surface area contributed by atoms with Crippen molar-refractivity contribution in [2.24, 2.45) is 7.05 Å². The second kappa shape index (κ2) is 5.16. The summed E-state index contributed by atoms with van der Waals surface area (Å²) in [5, 5.41) is 15.5. The molecule has 0 radical (unpaired) electrons. The molecule has 0 aliphatic rings. The molecule has 1 aromatic heterocycles. The standard InChI is InChI=1S/C14H15N3O3/c1-8-4-5-10(6-9(8)2)16-13(18)12-11(14(19)20)7-15-17(12)3/h4-7H,1-3H3,(H,16,18)(H,19,20). The number of nitrogens with one attached hydrogen (secondary N) is 1. The average molecular weight is 273 g/mol. The number of rotatable bonds is 3. The van der Waals surface area contributed by atoms with Gasteiger partial charge < -0.3 is 10.4 Å². The molecule has 6 heteroatoms. The lowest BCUT2D eigenvalue weighted by atomic mass is 10.1. The lowest BCUT2D eigenvalue weighted by Gasteiger charge is -2.08. The van der Waals surface area contributed by atoms with Gasteiger partial charge in [-0.3, -0.25) is 9.48 Å². The molecular formula is C14H15N3O3. The van der Waals surface area contributed by atoms with Gasteiger partial charge in [0.15, 0.2) is 0 Å². The maximum Gasteiger partial charge on any atom is 0.339 e. The summed E-state index contributed by atoms with van der Waals surface area (Å²) in [4.78, 5) is 23.2. The molecular weight excluding hydrogens is 258 g/mol. The van der Waals surface area contributed by atoms with E-state index in [4.69, 9.17) is 5.11 Å². The van der Waals surface area contributed by atoms with Crippen LogP contribution in [0.5, 0.6) is 0 Å². The van der Waals surface area contributed by atoms with Crippen LogP contribution in [0.3, 0.4) is 0 Å². The van der Waals surface area contributed by atoms with E-state index in [0.717, 1.165) is 17.3 Å². The summed E-state index contributed by atoms with van der Waals surface area (Å²) in [7, 11) is 1.53. The van der Waals surface area contributed by atoms with Gasteiger partial charge in [0.25, 0.3) is 5.91 Å². The molecule has 104 valence electrons. The molecule has 20 heavy (non-hydrogen) atoms. The molecule has 0 fully saturated rings. The van der Waals surface area contributed by atoms with Crippen molar-refractivity contribution in [3.8, 4) is 0 Å². The first-order valence-corrected chi connectivity index (χ1v) is 6.04. The summed E-state index contributed by atoms with van der Waals surface area (Å²) in [6, 6.07) is 5.51. The summed E-state index contributed by atoms with van der Waals surface area (Å²) < 4.78 is 1.25. The molecule has 0 unspecified atom stereocenters. The predicted octanol–water partition coefficient (Wildman–Crippen LogP) is 1.99. The van der Waals surface area contributed by atoms with Crippen LogP contribution in [0, 0.1) is 13.8 Å². The Labute approximate surface area is 116 Å². The van der Waals surface area contributed by atoms with Crippen LogP contribution >= 0.6 is 0 Å². The van der Waals surface area contributed by atoms with E-state index in [1.807, 2.05) is 26.0 Å². The number of carboxylic acid groups (broad SMARTS) is 1. The molecule has 2 rings (SSSR count). The topological polar surface area (TPSA) is 84.2 Å². The summed E-state index contributed by atoms with van der Waals surface area (Å²) in [6.45, 7) is 3.92. The number of nitrogens with zero attached hydrogens (tertiary/aromatic N) is 2. The van der Waals surface area contributed by atoms with Crippen LogP contribution < -0.4 is 5.32 Å². The molecule has 0 aliphatic heterocycles. The SMILES string of the molecule is Cc1ccc(NC(=O)c2c(C(=O)O)cnn2C)cc1C. The van der Waals surface area contributed by atoms with Crippen molar-refractivity contribution >= 4 is 17.6 Å². The molecule has 6 nitrogen and oxygen atoms in total. The fourth-order valence-electron chi connectivity index (χ4n) is 1.87. The number of carboxylic acids is 1. The zero-order valence-corrected chi connectivity index (χ0v) is 11.5. The number of amides is 1. The molecule has 0 bridgehead atoms. The van der Waals surface area contributed by atoms with E-state index in [9.17, 15) is 9.59 Å². The molecule has 2 N–H and O–H groups in total. The number of carbonyl (C=O) groups is 2. The summed E-state index contributed by atoms with van der Waals surface area (Å²) in [5.74, 6) is -1.67. The second-order valence-electron chi connectivity index (χ2n) is 4.59. The Balaban J connectivity index is 2.30. The number of aryl methyl sites for hydroxylation is 3. The Morgan fingerprint density at radius 2 is 1.95 bits per heavy atom. The Bertz CT molecular complexity index is 689. The lowest BCUT2D eigenvalue weighted by Crippen LogP contribution is -2.19. The molecule has 0 atom stereocenters. The zero-order valence-electron chi connectivity index (χ0n) is 11.5. The second-order valence-corrected chi connectivity index (χ2v) is 4.59. The summed E-state index contributed by atoms with van der Waals surface area (Å²) in [5.41, 5.74) is 2.70. The molecule has 1 amide bonds. The Kier molecular flexibility index (Phi) is 3.56. The van der Waals surface area contributed by atoms with Gasteiger partial charge in [0.05, 0.1) is 6.20 Å². The van der Waals surface area contributed by atoms with Crippen molar-refractivity contribution in [1.29, 1.82) is 0 Å². The summed E-state index contributed by atoms with van der Waals surface area (Å²) >= 11 is 0. The number of anilines is 1. The molecule has 0 aliphatic carbocycles. The smallest absolute Gasteiger partial charge is 0.339 e. The van der Waals surface area contributed by atoms with Gasteiger partial charge >= 0.3 is 5.97 Å². The number of hydrogen-bond acceptors (Lipinski definition) is 3. The molecule has 1 aromatic carbocycles. The van der Waals surface area contributed by atoms with Crippen molar-refractivity contribution in [3.63, 3.8) is 0 Å². The first kappa shape index (κ1) is 13.8. The molecule has 0 saturated carbocycles. The van der Waals surface area contributed by atoms with Crippen molar-refractivity contribution in [1.82, 2.24) is 9.78 Å². The molecule has 0 saturated heterocycles. The van der Waals surface area contributed by atoms with Crippen LogP contribution in [0.4, 0.5) is 5.69 Å². The number of aromatic carboxylic acids is 1. The maximum absolute atomic E-state index is 12.2. The van der Waals surface area contributed by atoms with Gasteiger partial charge in [0.2, 0.25) is 0 Å². The van der Waals surface area contributed by atoms with Crippen LogP contribution in [0.25, 0.3) is 0 Å². The third kappa shape index (κ3) is 2.54. The molecule has 0 spiro atoms. The summed E-state index contributed by atoms with van der Waals surface area (Å²) in [6.07, 6.45) is 1.16. The monoisotopic (exact) mass is 273 g/mol. The van der Waals surface area contributed by atoms with Crippen LogP contribution in [0.2, 0.25) is 0 Å². The third-order valence-electron chi connectivity index (χ3n) is 3.15. The van der Waals surface area contributed by atoms with Crippen molar-refractivity contribution in [2.45, 2.75) is 13.8 Å². The molecule has 2 aromatic rings. The highest BCUT2D eigenvalue weighted by molar-refractivity contribution is 6.09. The highest BCUT2D eigenvalue weighted by Crippen LogP contribution is 2.16. The van der Waals surface area contributed by atoms with Gasteiger partial charge in [-0.25, -0.2) is 4.79 Å². The Morgan fingerprint density at radius 3 is 2.55 bits per heavy atom. The van der Waals surface area contributed by atoms with E-state index in [1.165, 1.54) is 11.7 Å². The number of carbonyl (C=O) groups excluding carboxylic acids is 1. The first-order valence-electron chi connectivity index (χ1n) is 6.04. The minimum Gasteiger partial charge on any atom is -0.478 e. The highest BCUT2D eigenvalue weighted by Gasteiger charge is 2.21. The molecule has 1 heterocycles.